The van der Waals surface area contributed by atoms with Crippen LogP contribution in [0.15, 0.2) is 53.6 Å². The van der Waals surface area contributed by atoms with E-state index in [4.69, 9.17) is 0 Å². The van der Waals surface area contributed by atoms with Crippen molar-refractivity contribution >= 4 is 26.6 Å². The second-order valence-corrected chi connectivity index (χ2v) is 8.62. The Labute approximate surface area is 161 Å². The topological polar surface area (TPSA) is 42.3 Å². The molecule has 0 spiro atoms. The first kappa shape index (κ1) is 18.9. The third-order valence-electron chi connectivity index (χ3n) is 5.11. The van der Waals surface area contributed by atoms with Crippen molar-refractivity contribution in [2.45, 2.75) is 30.6 Å². The normalized spacial score (nSPS) is 15.5. The van der Waals surface area contributed by atoms with Crippen molar-refractivity contribution < 1.29 is 21.6 Å². The molecule has 2 aromatic carbocycles. The first-order valence-corrected chi connectivity index (χ1v) is 10.5. The predicted molar refractivity (Wildman–Crippen MR) is 102 cm³/mol. The third-order valence-corrected chi connectivity index (χ3v) is 6.82. The number of anilines is 1. The molecule has 0 N–H and O–H groups in total. The summed E-state index contributed by atoms with van der Waals surface area (Å²) in [6, 6.07) is 9.80. The smallest absolute Gasteiger partial charge is 0.271 e. The van der Waals surface area contributed by atoms with Crippen LogP contribution in [0.3, 0.4) is 0 Å². The molecule has 8 heteroatoms. The summed E-state index contributed by atoms with van der Waals surface area (Å²) in [7, 11) is -4.37. The van der Waals surface area contributed by atoms with Gasteiger partial charge in [0.2, 0.25) is 0 Å². The van der Waals surface area contributed by atoms with Gasteiger partial charge < -0.3 is 4.90 Å². The van der Waals surface area contributed by atoms with Crippen molar-refractivity contribution in [2.75, 3.05) is 18.0 Å². The van der Waals surface area contributed by atoms with Gasteiger partial charge in [0.1, 0.15) is 10.7 Å². The molecule has 0 atom stereocenters. The number of hydrogen-bond donors (Lipinski definition) is 0. The van der Waals surface area contributed by atoms with Gasteiger partial charge in [0, 0.05) is 35.9 Å². The summed E-state index contributed by atoms with van der Waals surface area (Å²) in [6.45, 7) is 1.46. The lowest BCUT2D eigenvalue weighted by Crippen LogP contribution is -2.29. The zero-order valence-corrected chi connectivity index (χ0v) is 15.8. The number of aromatic nitrogens is 1. The van der Waals surface area contributed by atoms with E-state index >= 15 is 0 Å². The Balaban J connectivity index is 1.97. The zero-order chi connectivity index (χ0) is 19.9. The molecule has 3 aromatic rings. The van der Waals surface area contributed by atoms with Gasteiger partial charge in [-0.05, 0) is 43.5 Å². The van der Waals surface area contributed by atoms with Crippen LogP contribution in [0.1, 0.15) is 31.3 Å². The van der Waals surface area contributed by atoms with Crippen molar-refractivity contribution in [3.05, 3.63) is 60.0 Å². The Hall–Kier alpha value is -2.48. The fourth-order valence-electron chi connectivity index (χ4n) is 3.79. The van der Waals surface area contributed by atoms with Crippen LogP contribution in [0.25, 0.3) is 10.9 Å². The Morgan fingerprint density at radius 3 is 2.32 bits per heavy atom. The van der Waals surface area contributed by atoms with Gasteiger partial charge in [0.05, 0.1) is 5.52 Å². The van der Waals surface area contributed by atoms with Crippen LogP contribution in [0.5, 0.6) is 0 Å². The standard InChI is InChI=1S/C20H19F3N2O2S/c21-15-7-2-3-10-18(15)28(26,27)25-13-14(20(22)23)19-16(8-6-9-17(19)25)24-11-4-1-5-12-24/h2-3,6-10,13,20H,1,4-5,11-12H2. The Morgan fingerprint density at radius 1 is 0.929 bits per heavy atom. The summed E-state index contributed by atoms with van der Waals surface area (Å²) < 4.78 is 68.7. The van der Waals surface area contributed by atoms with Crippen LogP contribution in [-0.4, -0.2) is 25.5 Å². The molecule has 28 heavy (non-hydrogen) atoms. The number of nitrogens with zero attached hydrogens (tertiary/aromatic N) is 2. The van der Waals surface area contributed by atoms with Crippen molar-refractivity contribution in [2.24, 2.45) is 0 Å². The molecular weight excluding hydrogens is 389 g/mol. The SMILES string of the molecule is O=S(=O)(c1ccccc1F)n1cc(C(F)F)c2c(N3CCCCC3)cccc21. The molecule has 0 unspecified atom stereocenters. The molecule has 148 valence electrons. The maximum absolute atomic E-state index is 14.2. The minimum Gasteiger partial charge on any atom is -0.371 e. The van der Waals surface area contributed by atoms with Crippen molar-refractivity contribution in [1.29, 1.82) is 0 Å². The van der Waals surface area contributed by atoms with Crippen molar-refractivity contribution in [3.63, 3.8) is 0 Å². The van der Waals surface area contributed by atoms with Crippen molar-refractivity contribution in [3.8, 4) is 0 Å². The van der Waals surface area contributed by atoms with Crippen LogP contribution in [0.4, 0.5) is 18.9 Å². The van der Waals surface area contributed by atoms with E-state index < -0.39 is 27.2 Å². The minimum atomic E-state index is -4.37. The molecule has 1 fully saturated rings. The highest BCUT2D eigenvalue weighted by atomic mass is 32.2. The average Bonchev–Trinajstić information content (AvgIpc) is 3.10. The van der Waals surface area contributed by atoms with Gasteiger partial charge in [-0.1, -0.05) is 18.2 Å². The number of piperidine rings is 1. The fourth-order valence-corrected chi connectivity index (χ4v) is 5.23. The van der Waals surface area contributed by atoms with E-state index in [0.717, 1.165) is 54.7 Å². The average molecular weight is 408 g/mol. The zero-order valence-electron chi connectivity index (χ0n) is 15.0. The largest absolute Gasteiger partial charge is 0.371 e. The maximum atomic E-state index is 14.2. The number of benzene rings is 2. The van der Waals surface area contributed by atoms with Crippen LogP contribution in [0.2, 0.25) is 0 Å². The second kappa shape index (κ2) is 7.16. The third kappa shape index (κ3) is 3.05. The molecule has 0 radical (unpaired) electrons. The van der Waals surface area contributed by atoms with Gasteiger partial charge in [0.25, 0.3) is 16.4 Å². The predicted octanol–water partition coefficient (Wildman–Crippen LogP) is 4.95. The van der Waals surface area contributed by atoms with Gasteiger partial charge >= 0.3 is 0 Å². The summed E-state index contributed by atoms with van der Waals surface area (Å²) in [5, 5.41) is 0.208. The summed E-state index contributed by atoms with van der Waals surface area (Å²) >= 11 is 0. The molecule has 1 aliphatic rings. The van der Waals surface area contributed by atoms with E-state index in [1.54, 1.807) is 12.1 Å². The van der Waals surface area contributed by atoms with Crippen LogP contribution < -0.4 is 4.90 Å². The monoisotopic (exact) mass is 408 g/mol. The lowest BCUT2D eigenvalue weighted by Gasteiger charge is -2.29. The highest BCUT2D eigenvalue weighted by Crippen LogP contribution is 2.39. The molecular formula is C20H19F3N2O2S. The highest BCUT2D eigenvalue weighted by Gasteiger charge is 2.28. The molecule has 0 aliphatic carbocycles. The first-order chi connectivity index (χ1) is 13.4. The lowest BCUT2D eigenvalue weighted by atomic mass is 10.1. The van der Waals surface area contributed by atoms with E-state index in [9.17, 15) is 21.6 Å². The van der Waals surface area contributed by atoms with E-state index in [2.05, 4.69) is 0 Å². The molecule has 0 saturated carbocycles. The molecule has 1 aromatic heterocycles. The molecule has 4 nitrogen and oxygen atoms in total. The highest BCUT2D eigenvalue weighted by molar-refractivity contribution is 7.90. The quantitative estimate of drug-likeness (QED) is 0.614. The minimum absolute atomic E-state index is 0.127. The number of rotatable bonds is 4. The van der Waals surface area contributed by atoms with Crippen LogP contribution >= 0.6 is 0 Å². The number of fused-ring (bicyclic) bond motifs is 1. The van der Waals surface area contributed by atoms with Crippen LogP contribution in [-0.2, 0) is 10.0 Å². The molecule has 4 rings (SSSR count). The summed E-state index contributed by atoms with van der Waals surface area (Å²) in [5.74, 6) is -0.921. The van der Waals surface area contributed by atoms with Gasteiger partial charge in [-0.15, -0.1) is 0 Å². The van der Waals surface area contributed by atoms with E-state index in [1.807, 2.05) is 4.90 Å². The Morgan fingerprint density at radius 2 is 1.64 bits per heavy atom. The fraction of sp³-hybridized carbons (Fsp3) is 0.300. The lowest BCUT2D eigenvalue weighted by molar-refractivity contribution is 0.153. The van der Waals surface area contributed by atoms with E-state index in [-0.39, 0.29) is 16.5 Å². The molecule has 1 saturated heterocycles. The summed E-state index contributed by atoms with van der Waals surface area (Å²) in [5.41, 5.74) is 0.354. The van der Waals surface area contributed by atoms with Gasteiger partial charge in [-0.2, -0.15) is 0 Å². The molecule has 0 amide bonds. The molecule has 1 aliphatic heterocycles. The summed E-state index contributed by atoms with van der Waals surface area (Å²) in [4.78, 5) is 1.47. The second-order valence-electron chi connectivity index (χ2n) is 6.84. The van der Waals surface area contributed by atoms with Crippen molar-refractivity contribution in [1.82, 2.24) is 3.97 Å². The van der Waals surface area contributed by atoms with E-state index in [0.29, 0.717) is 5.69 Å². The van der Waals surface area contributed by atoms with Gasteiger partial charge in [0.15, 0.2) is 0 Å². The number of hydrogen-bond acceptors (Lipinski definition) is 3. The first-order valence-electron chi connectivity index (χ1n) is 9.08. The van der Waals surface area contributed by atoms with E-state index in [1.165, 1.54) is 18.2 Å². The maximum Gasteiger partial charge on any atom is 0.271 e. The molecule has 0 bridgehead atoms. The van der Waals surface area contributed by atoms with Gasteiger partial charge in [-0.25, -0.2) is 25.6 Å². The molecule has 2 heterocycles. The number of alkyl halides is 2. The Kier molecular flexibility index (Phi) is 4.82. The number of halogens is 3. The Bertz CT molecular complexity index is 1120. The van der Waals surface area contributed by atoms with Crippen LogP contribution in [0, 0.1) is 5.82 Å². The van der Waals surface area contributed by atoms with Gasteiger partial charge in [-0.3, -0.25) is 0 Å². The summed E-state index contributed by atoms with van der Waals surface area (Å²) in [6.07, 6.45) is 1.05.